The van der Waals surface area contributed by atoms with Gasteiger partial charge in [-0.25, -0.2) is 0 Å². The topological polar surface area (TPSA) is 0 Å². The van der Waals surface area contributed by atoms with E-state index < -0.39 is 0 Å². The molecule has 0 spiro atoms. The van der Waals surface area contributed by atoms with Crippen LogP contribution in [0, 0.1) is 0 Å². The third kappa shape index (κ3) is 4.55. The number of aryl methyl sites for hydroxylation is 1. The quantitative estimate of drug-likeness (QED) is 0.575. The van der Waals surface area contributed by atoms with Gasteiger partial charge in [0.15, 0.2) is 0 Å². The van der Waals surface area contributed by atoms with E-state index in [1.54, 1.807) is 0 Å². The van der Waals surface area contributed by atoms with Crippen LogP contribution in [0.2, 0.25) is 0 Å². The molecule has 0 heterocycles. The number of hydrogen-bond acceptors (Lipinski definition) is 0. The molecule has 0 aromatic heterocycles. The molecule has 0 amide bonds. The second-order valence-corrected chi connectivity index (χ2v) is 4.98. The van der Waals surface area contributed by atoms with E-state index in [0.717, 1.165) is 19.3 Å². The Hall–Kier alpha value is -2.08. The number of hydrogen-bond donors (Lipinski definition) is 0. The van der Waals surface area contributed by atoms with Gasteiger partial charge in [0.1, 0.15) is 0 Å². The van der Waals surface area contributed by atoms with Crippen molar-refractivity contribution < 1.29 is 0 Å². The SMILES string of the molecule is C=CC(CC=CCCc1ccccc1)c1ccccc1. The van der Waals surface area contributed by atoms with Crippen molar-refractivity contribution in [2.24, 2.45) is 0 Å². The molecule has 0 fully saturated rings. The molecule has 2 aromatic carbocycles. The summed E-state index contributed by atoms with van der Waals surface area (Å²) in [6, 6.07) is 21.2. The van der Waals surface area contributed by atoms with E-state index in [9.17, 15) is 0 Å². The molecule has 0 aliphatic heterocycles. The van der Waals surface area contributed by atoms with E-state index in [2.05, 4.69) is 79.4 Å². The van der Waals surface area contributed by atoms with Crippen molar-refractivity contribution in [2.75, 3.05) is 0 Å². The zero-order chi connectivity index (χ0) is 14.0. The molecule has 20 heavy (non-hydrogen) atoms. The lowest BCUT2D eigenvalue weighted by Gasteiger charge is -2.09. The molecule has 0 N–H and O–H groups in total. The lowest BCUT2D eigenvalue weighted by Crippen LogP contribution is -1.92. The van der Waals surface area contributed by atoms with Crippen molar-refractivity contribution in [2.45, 2.75) is 25.2 Å². The fraction of sp³-hybridized carbons (Fsp3) is 0.200. The van der Waals surface area contributed by atoms with Crippen molar-refractivity contribution in [1.29, 1.82) is 0 Å². The van der Waals surface area contributed by atoms with Crippen LogP contribution in [0.4, 0.5) is 0 Å². The summed E-state index contributed by atoms with van der Waals surface area (Å²) in [5, 5.41) is 0. The Morgan fingerprint density at radius 1 is 0.850 bits per heavy atom. The Balaban J connectivity index is 1.79. The van der Waals surface area contributed by atoms with Gasteiger partial charge in [-0.05, 0) is 30.4 Å². The highest BCUT2D eigenvalue weighted by molar-refractivity contribution is 5.24. The highest BCUT2D eigenvalue weighted by Crippen LogP contribution is 2.20. The number of allylic oxidation sites excluding steroid dienone is 3. The van der Waals surface area contributed by atoms with E-state index in [1.165, 1.54) is 11.1 Å². The normalized spacial score (nSPS) is 12.4. The predicted molar refractivity (Wildman–Crippen MR) is 87.9 cm³/mol. The maximum absolute atomic E-state index is 3.95. The molecular formula is C20H22. The summed E-state index contributed by atoms with van der Waals surface area (Å²) >= 11 is 0. The van der Waals surface area contributed by atoms with Crippen LogP contribution in [0.15, 0.2) is 85.5 Å². The maximum Gasteiger partial charge on any atom is 0.00498 e. The van der Waals surface area contributed by atoms with Crippen LogP contribution in [0.25, 0.3) is 0 Å². The summed E-state index contributed by atoms with van der Waals surface area (Å²) in [4.78, 5) is 0. The van der Waals surface area contributed by atoms with Crippen LogP contribution in [0.1, 0.15) is 29.9 Å². The molecule has 2 rings (SSSR count). The minimum Gasteiger partial charge on any atom is -0.102 e. The van der Waals surface area contributed by atoms with Gasteiger partial charge in [0, 0.05) is 5.92 Å². The van der Waals surface area contributed by atoms with Crippen LogP contribution >= 0.6 is 0 Å². The first-order valence-corrected chi connectivity index (χ1v) is 7.26. The molecule has 0 radical (unpaired) electrons. The van der Waals surface area contributed by atoms with E-state index >= 15 is 0 Å². The number of rotatable bonds is 7. The lowest BCUT2D eigenvalue weighted by molar-refractivity contribution is 0.858. The summed E-state index contributed by atoms with van der Waals surface area (Å²) in [7, 11) is 0. The Morgan fingerprint density at radius 2 is 1.50 bits per heavy atom. The third-order valence-electron chi connectivity index (χ3n) is 3.51. The standard InChI is InChI=1S/C20H22/c1-2-19(20-16-10-5-11-17-20)15-9-4-8-14-18-12-6-3-7-13-18/h2-7,9-13,16-17,19H,1,8,14-15H2. The van der Waals surface area contributed by atoms with Crippen LogP contribution in [0.5, 0.6) is 0 Å². The largest absolute Gasteiger partial charge is 0.102 e. The molecule has 1 atom stereocenters. The van der Waals surface area contributed by atoms with E-state index in [1.807, 2.05) is 6.08 Å². The Morgan fingerprint density at radius 3 is 2.15 bits per heavy atom. The monoisotopic (exact) mass is 262 g/mol. The molecule has 0 bridgehead atoms. The second kappa shape index (κ2) is 8.16. The van der Waals surface area contributed by atoms with Crippen LogP contribution in [0.3, 0.4) is 0 Å². The fourth-order valence-electron chi connectivity index (χ4n) is 2.32. The number of benzene rings is 2. The minimum atomic E-state index is 0.421. The summed E-state index contributed by atoms with van der Waals surface area (Å²) in [6.45, 7) is 3.95. The zero-order valence-corrected chi connectivity index (χ0v) is 11.9. The van der Waals surface area contributed by atoms with Crippen LogP contribution in [-0.2, 0) is 6.42 Å². The van der Waals surface area contributed by atoms with Crippen molar-refractivity contribution >= 4 is 0 Å². The van der Waals surface area contributed by atoms with Crippen molar-refractivity contribution in [3.05, 3.63) is 96.6 Å². The molecule has 102 valence electrons. The van der Waals surface area contributed by atoms with Gasteiger partial charge >= 0.3 is 0 Å². The molecule has 0 heteroatoms. The second-order valence-electron chi connectivity index (χ2n) is 4.98. The smallest absolute Gasteiger partial charge is 0.00498 e. The Bertz CT molecular complexity index is 522. The summed E-state index contributed by atoms with van der Waals surface area (Å²) < 4.78 is 0. The van der Waals surface area contributed by atoms with Crippen molar-refractivity contribution in [3.8, 4) is 0 Å². The molecule has 0 nitrogen and oxygen atoms in total. The Kier molecular flexibility index (Phi) is 5.85. The average Bonchev–Trinajstić information content (AvgIpc) is 2.53. The van der Waals surface area contributed by atoms with Crippen LogP contribution < -0.4 is 0 Å². The molecule has 0 aliphatic carbocycles. The van der Waals surface area contributed by atoms with Gasteiger partial charge in [-0.15, -0.1) is 6.58 Å². The van der Waals surface area contributed by atoms with Gasteiger partial charge in [0.05, 0.1) is 0 Å². The molecule has 2 aromatic rings. The first-order valence-electron chi connectivity index (χ1n) is 7.26. The first kappa shape index (κ1) is 14.3. The van der Waals surface area contributed by atoms with Crippen LogP contribution in [-0.4, -0.2) is 0 Å². The summed E-state index contributed by atoms with van der Waals surface area (Å²) in [5.74, 6) is 0.421. The lowest BCUT2D eigenvalue weighted by atomic mass is 9.95. The van der Waals surface area contributed by atoms with Gasteiger partial charge in [0.2, 0.25) is 0 Å². The summed E-state index contributed by atoms with van der Waals surface area (Å²) in [6.07, 6.45) is 9.85. The van der Waals surface area contributed by atoms with E-state index in [-0.39, 0.29) is 0 Å². The molecular weight excluding hydrogens is 240 g/mol. The van der Waals surface area contributed by atoms with Gasteiger partial charge in [0.25, 0.3) is 0 Å². The maximum atomic E-state index is 3.95. The highest BCUT2D eigenvalue weighted by Gasteiger charge is 2.03. The fourth-order valence-corrected chi connectivity index (χ4v) is 2.32. The van der Waals surface area contributed by atoms with Crippen molar-refractivity contribution in [3.63, 3.8) is 0 Å². The van der Waals surface area contributed by atoms with Crippen molar-refractivity contribution in [1.82, 2.24) is 0 Å². The Labute approximate surface area is 122 Å². The summed E-state index contributed by atoms with van der Waals surface area (Å²) in [5.41, 5.74) is 2.75. The highest BCUT2D eigenvalue weighted by atomic mass is 14.1. The van der Waals surface area contributed by atoms with E-state index in [0.29, 0.717) is 5.92 Å². The zero-order valence-electron chi connectivity index (χ0n) is 11.9. The molecule has 0 saturated heterocycles. The van der Waals surface area contributed by atoms with Gasteiger partial charge < -0.3 is 0 Å². The van der Waals surface area contributed by atoms with E-state index in [4.69, 9.17) is 0 Å². The average molecular weight is 262 g/mol. The molecule has 1 unspecified atom stereocenters. The van der Waals surface area contributed by atoms with Gasteiger partial charge in [-0.1, -0.05) is 78.9 Å². The molecule has 0 saturated carbocycles. The minimum absolute atomic E-state index is 0.421. The molecule has 0 aliphatic rings. The van der Waals surface area contributed by atoms with Gasteiger partial charge in [-0.2, -0.15) is 0 Å². The predicted octanol–water partition coefficient (Wildman–Crippen LogP) is 5.54. The van der Waals surface area contributed by atoms with Gasteiger partial charge in [-0.3, -0.25) is 0 Å². The first-order chi connectivity index (χ1) is 9.90. The third-order valence-corrected chi connectivity index (χ3v) is 3.51.